The number of thioether (sulfide) groups is 1. The van der Waals surface area contributed by atoms with Gasteiger partial charge in [0, 0.05) is 43.2 Å². The summed E-state index contributed by atoms with van der Waals surface area (Å²) in [6.45, 7) is 8.23. The third-order valence-corrected chi connectivity index (χ3v) is 5.17. The summed E-state index contributed by atoms with van der Waals surface area (Å²) in [5, 5.41) is 13.5. The average molecular weight is 357 g/mol. The van der Waals surface area contributed by atoms with E-state index in [1.54, 1.807) is 11.8 Å². The van der Waals surface area contributed by atoms with Crippen molar-refractivity contribution in [3.05, 3.63) is 41.8 Å². The van der Waals surface area contributed by atoms with Crippen LogP contribution in [0.2, 0.25) is 0 Å². The molecule has 0 aliphatic heterocycles. The third-order valence-electron chi connectivity index (χ3n) is 4.11. The minimum absolute atomic E-state index is 0.713. The zero-order valence-corrected chi connectivity index (χ0v) is 15.9. The number of benzene rings is 1. The van der Waals surface area contributed by atoms with E-state index in [1.165, 1.54) is 5.69 Å². The Labute approximate surface area is 152 Å². The molecule has 0 fully saturated rings. The molecule has 1 aromatic carbocycles. The molecule has 0 unspecified atom stereocenters. The molecule has 0 aliphatic carbocycles. The first-order valence-corrected chi connectivity index (χ1v) is 9.40. The number of anilines is 1. The largest absolute Gasteiger partial charge is 0.372 e. The van der Waals surface area contributed by atoms with Gasteiger partial charge >= 0.3 is 0 Å². The van der Waals surface area contributed by atoms with Crippen molar-refractivity contribution in [2.75, 3.05) is 18.0 Å². The Bertz CT molecular complexity index is 820. The highest BCUT2D eigenvalue weighted by Crippen LogP contribution is 2.26. The third kappa shape index (κ3) is 3.87. The van der Waals surface area contributed by atoms with Gasteiger partial charge in [-0.2, -0.15) is 0 Å². The van der Waals surface area contributed by atoms with Crippen LogP contribution in [0.15, 0.2) is 40.0 Å². The fourth-order valence-electron chi connectivity index (χ4n) is 2.73. The zero-order valence-electron chi connectivity index (χ0n) is 15.1. The zero-order chi connectivity index (χ0) is 17.8. The van der Waals surface area contributed by atoms with Gasteiger partial charge in [-0.05, 0) is 45.0 Å². The molecule has 0 spiro atoms. The van der Waals surface area contributed by atoms with Crippen LogP contribution < -0.4 is 4.90 Å². The maximum absolute atomic E-state index is 5.10. The molecule has 6 nitrogen and oxygen atoms in total. The van der Waals surface area contributed by atoms with Crippen molar-refractivity contribution < 1.29 is 4.52 Å². The highest BCUT2D eigenvalue weighted by Gasteiger charge is 2.13. The van der Waals surface area contributed by atoms with Gasteiger partial charge in [-0.1, -0.05) is 16.9 Å². The SMILES string of the molecule is CCN(CC)c1ccc(-c2nnc(SCc3cc(C)on3)n2C)cc1. The molecule has 7 heteroatoms. The summed E-state index contributed by atoms with van der Waals surface area (Å²) in [5.74, 6) is 2.40. The van der Waals surface area contributed by atoms with E-state index in [1.807, 2.05) is 24.6 Å². The molecule has 132 valence electrons. The lowest BCUT2D eigenvalue weighted by atomic mass is 10.2. The Morgan fingerprint density at radius 3 is 2.44 bits per heavy atom. The first-order valence-electron chi connectivity index (χ1n) is 8.42. The quantitative estimate of drug-likeness (QED) is 0.597. The molecule has 3 rings (SSSR count). The van der Waals surface area contributed by atoms with Crippen LogP contribution in [0.3, 0.4) is 0 Å². The van der Waals surface area contributed by atoms with Crippen LogP contribution in [0.4, 0.5) is 5.69 Å². The van der Waals surface area contributed by atoms with Gasteiger partial charge in [0.25, 0.3) is 0 Å². The maximum Gasteiger partial charge on any atom is 0.191 e. The average Bonchev–Trinajstić information content (AvgIpc) is 3.20. The monoisotopic (exact) mass is 357 g/mol. The maximum atomic E-state index is 5.10. The first-order chi connectivity index (χ1) is 12.1. The van der Waals surface area contributed by atoms with Crippen molar-refractivity contribution >= 4 is 17.4 Å². The van der Waals surface area contributed by atoms with Gasteiger partial charge in [0.2, 0.25) is 0 Å². The number of aryl methyl sites for hydroxylation is 1. The number of rotatable bonds is 7. The van der Waals surface area contributed by atoms with E-state index in [-0.39, 0.29) is 0 Å². The van der Waals surface area contributed by atoms with E-state index in [0.29, 0.717) is 5.75 Å². The van der Waals surface area contributed by atoms with Crippen LogP contribution in [0.25, 0.3) is 11.4 Å². The second kappa shape index (κ2) is 7.74. The predicted octanol–water partition coefficient (Wildman–Crippen LogP) is 3.92. The highest BCUT2D eigenvalue weighted by molar-refractivity contribution is 7.98. The van der Waals surface area contributed by atoms with Crippen LogP contribution in [0.5, 0.6) is 0 Å². The molecule has 0 saturated carbocycles. The summed E-state index contributed by atoms with van der Waals surface area (Å²) < 4.78 is 7.11. The molecule has 2 aromatic heterocycles. The molecule has 0 atom stereocenters. The van der Waals surface area contributed by atoms with Crippen LogP contribution in [-0.2, 0) is 12.8 Å². The minimum Gasteiger partial charge on any atom is -0.372 e. The molecule has 0 saturated heterocycles. The Balaban J connectivity index is 1.74. The van der Waals surface area contributed by atoms with Gasteiger partial charge in [-0.25, -0.2) is 0 Å². The summed E-state index contributed by atoms with van der Waals surface area (Å²) in [6, 6.07) is 10.4. The smallest absolute Gasteiger partial charge is 0.191 e. The van der Waals surface area contributed by atoms with Gasteiger partial charge in [-0.15, -0.1) is 10.2 Å². The van der Waals surface area contributed by atoms with E-state index in [0.717, 1.165) is 41.1 Å². The second-order valence-corrected chi connectivity index (χ2v) is 6.74. The standard InChI is InChI=1S/C18H23N5OS/c1-5-23(6-2)16-9-7-14(8-10-16)17-19-20-18(22(17)4)25-12-15-11-13(3)24-21-15/h7-11H,5-6,12H2,1-4H3. The summed E-state index contributed by atoms with van der Waals surface area (Å²) in [6.07, 6.45) is 0. The summed E-state index contributed by atoms with van der Waals surface area (Å²) in [7, 11) is 1.99. The fraction of sp³-hybridized carbons (Fsp3) is 0.389. The number of nitrogens with zero attached hydrogens (tertiary/aromatic N) is 5. The minimum atomic E-state index is 0.713. The van der Waals surface area contributed by atoms with Gasteiger partial charge in [0.05, 0.1) is 5.69 Å². The lowest BCUT2D eigenvalue weighted by Gasteiger charge is -2.21. The Kier molecular flexibility index (Phi) is 5.43. The number of hydrogen-bond donors (Lipinski definition) is 0. The lowest BCUT2D eigenvalue weighted by Crippen LogP contribution is -2.21. The van der Waals surface area contributed by atoms with Crippen LogP contribution >= 0.6 is 11.8 Å². The Hall–Kier alpha value is -2.28. The Morgan fingerprint density at radius 2 is 1.84 bits per heavy atom. The molecule has 3 aromatic rings. The molecule has 0 amide bonds. The van der Waals surface area contributed by atoms with E-state index in [4.69, 9.17) is 4.52 Å². The van der Waals surface area contributed by atoms with E-state index in [9.17, 15) is 0 Å². The van der Waals surface area contributed by atoms with Crippen molar-refractivity contribution in [1.29, 1.82) is 0 Å². The molecular weight excluding hydrogens is 334 g/mol. The van der Waals surface area contributed by atoms with Crippen molar-refractivity contribution in [3.8, 4) is 11.4 Å². The molecule has 0 bridgehead atoms. The topological polar surface area (TPSA) is 60.0 Å². The molecule has 0 radical (unpaired) electrons. The van der Waals surface area contributed by atoms with Gasteiger partial charge in [-0.3, -0.25) is 0 Å². The second-order valence-electron chi connectivity index (χ2n) is 5.80. The van der Waals surface area contributed by atoms with Crippen molar-refractivity contribution in [1.82, 2.24) is 19.9 Å². The van der Waals surface area contributed by atoms with Crippen molar-refractivity contribution in [2.45, 2.75) is 31.7 Å². The summed E-state index contributed by atoms with van der Waals surface area (Å²) in [4.78, 5) is 2.32. The molecule has 0 N–H and O–H groups in total. The number of hydrogen-bond acceptors (Lipinski definition) is 6. The van der Waals surface area contributed by atoms with E-state index < -0.39 is 0 Å². The first kappa shape index (κ1) is 17.5. The predicted molar refractivity (Wildman–Crippen MR) is 101 cm³/mol. The lowest BCUT2D eigenvalue weighted by molar-refractivity contribution is 0.393. The summed E-state index contributed by atoms with van der Waals surface area (Å²) in [5.41, 5.74) is 3.21. The molecule has 2 heterocycles. The van der Waals surface area contributed by atoms with Gasteiger partial charge < -0.3 is 14.0 Å². The van der Waals surface area contributed by atoms with Crippen LogP contribution in [0.1, 0.15) is 25.3 Å². The van der Waals surface area contributed by atoms with E-state index in [2.05, 4.69) is 58.4 Å². The fourth-order valence-corrected chi connectivity index (χ4v) is 3.52. The number of aromatic nitrogens is 4. The molecular formula is C18H23N5OS. The van der Waals surface area contributed by atoms with Crippen LogP contribution in [0, 0.1) is 6.92 Å². The molecule has 25 heavy (non-hydrogen) atoms. The molecule has 0 aliphatic rings. The summed E-state index contributed by atoms with van der Waals surface area (Å²) >= 11 is 1.60. The Morgan fingerprint density at radius 1 is 1.12 bits per heavy atom. The van der Waals surface area contributed by atoms with Crippen molar-refractivity contribution in [2.24, 2.45) is 7.05 Å². The highest BCUT2D eigenvalue weighted by atomic mass is 32.2. The normalized spacial score (nSPS) is 11.0. The van der Waals surface area contributed by atoms with Gasteiger partial charge in [0.15, 0.2) is 11.0 Å². The van der Waals surface area contributed by atoms with Crippen LogP contribution in [-0.4, -0.2) is 33.0 Å². The van der Waals surface area contributed by atoms with E-state index >= 15 is 0 Å². The van der Waals surface area contributed by atoms with Gasteiger partial charge in [0.1, 0.15) is 5.76 Å². The van der Waals surface area contributed by atoms with Crippen molar-refractivity contribution in [3.63, 3.8) is 0 Å².